The Bertz CT molecular complexity index is 1450. The third kappa shape index (κ3) is 3.27. The van der Waals surface area contributed by atoms with Crippen molar-refractivity contribution in [2.45, 2.75) is 0 Å². The van der Waals surface area contributed by atoms with Gasteiger partial charge in [-0.2, -0.15) is 0 Å². The summed E-state index contributed by atoms with van der Waals surface area (Å²) in [4.78, 5) is 4.34. The molecule has 0 aromatic heterocycles. The number of fused-ring (bicyclic) bond motifs is 3. The van der Waals surface area contributed by atoms with Crippen molar-refractivity contribution in [1.29, 1.82) is 0 Å². The van der Waals surface area contributed by atoms with Gasteiger partial charge in [-0.25, -0.2) is 0 Å². The molecule has 0 fully saturated rings. The Kier molecular flexibility index (Phi) is 4.97. The van der Waals surface area contributed by atoms with Crippen LogP contribution in [0.4, 0.5) is 11.4 Å². The summed E-state index contributed by atoms with van der Waals surface area (Å²) in [5, 5.41) is 6.96. The van der Waals surface area contributed by atoms with Crippen molar-refractivity contribution in [3.63, 3.8) is 0 Å². The van der Waals surface area contributed by atoms with E-state index in [2.05, 4.69) is 111 Å². The average Bonchev–Trinajstić information content (AvgIpc) is 3.27. The highest BCUT2D eigenvalue weighted by atomic mass is 28.4. The van der Waals surface area contributed by atoms with Gasteiger partial charge in [0.2, 0.25) is 0 Å². The Balaban J connectivity index is 1.76. The third-order valence-corrected chi connectivity index (χ3v) is 10.1. The average molecular weight is 477 g/mol. The first-order valence-corrected chi connectivity index (χ1v) is 13.7. The maximum absolute atomic E-state index is 7.03. The molecule has 5 aromatic carbocycles. The van der Waals surface area contributed by atoms with Crippen LogP contribution in [0.1, 0.15) is 0 Å². The highest BCUT2D eigenvalue weighted by molar-refractivity contribution is 6.97. The fourth-order valence-corrected chi connectivity index (χ4v) is 8.81. The zero-order chi connectivity index (χ0) is 24.2. The number of nitrogens with zero attached hydrogens (tertiary/aromatic N) is 2. The molecule has 0 bridgehead atoms. The number of rotatable bonds is 4. The van der Waals surface area contributed by atoms with E-state index in [9.17, 15) is 0 Å². The van der Waals surface area contributed by atoms with Crippen molar-refractivity contribution >= 4 is 51.9 Å². The molecule has 1 heterocycles. The Morgan fingerprint density at radius 2 is 0.886 bits per heavy atom. The SMILES string of the molecule is CN(C)c1cccc2cccc([Si]3(c4cccc5cccc(N(C)C)c45)Oc4ccccc4O3)c12. The standard InChI is InChI=1S/C30H28N2O2Si/c1-31(2)23-15-7-11-21-13-9-19-27(29(21)23)35(33-25-17-5-6-18-26(25)34-35)28-20-10-14-22-12-8-16-24(30(22)28)32(3)4/h5-20H,1-4H3. The lowest BCUT2D eigenvalue weighted by Crippen LogP contribution is -2.66. The normalized spacial score (nSPS) is 13.8. The third-order valence-electron chi connectivity index (χ3n) is 6.79. The van der Waals surface area contributed by atoms with Crippen molar-refractivity contribution in [2.24, 2.45) is 0 Å². The van der Waals surface area contributed by atoms with Crippen LogP contribution >= 0.6 is 0 Å². The predicted octanol–water partition coefficient (Wildman–Crippen LogP) is 5.15. The van der Waals surface area contributed by atoms with Crippen molar-refractivity contribution in [3.8, 4) is 11.5 Å². The quantitative estimate of drug-likeness (QED) is 0.335. The Morgan fingerprint density at radius 3 is 1.29 bits per heavy atom. The van der Waals surface area contributed by atoms with Gasteiger partial charge in [0.05, 0.1) is 0 Å². The van der Waals surface area contributed by atoms with Gasteiger partial charge < -0.3 is 18.7 Å². The van der Waals surface area contributed by atoms with Crippen molar-refractivity contribution < 1.29 is 8.85 Å². The Hall–Kier alpha value is -3.96. The number of hydrogen-bond acceptors (Lipinski definition) is 4. The molecule has 1 aliphatic heterocycles. The smallest absolute Gasteiger partial charge is 0.502 e. The van der Waals surface area contributed by atoms with Crippen LogP contribution in [0.3, 0.4) is 0 Å². The lowest BCUT2D eigenvalue weighted by Gasteiger charge is -2.29. The highest BCUT2D eigenvalue weighted by Crippen LogP contribution is 2.40. The summed E-state index contributed by atoms with van der Waals surface area (Å²) in [7, 11) is 5.14. The van der Waals surface area contributed by atoms with E-state index in [0.29, 0.717) is 0 Å². The second-order valence-electron chi connectivity index (χ2n) is 9.42. The number of benzene rings is 5. The molecule has 0 atom stereocenters. The van der Waals surface area contributed by atoms with E-state index < -0.39 is 8.56 Å². The van der Waals surface area contributed by atoms with E-state index in [1.807, 2.05) is 24.3 Å². The molecule has 1 aliphatic rings. The zero-order valence-electron chi connectivity index (χ0n) is 20.4. The minimum atomic E-state index is -3.23. The first kappa shape index (κ1) is 21.6. The molecule has 0 radical (unpaired) electrons. The largest absolute Gasteiger partial charge is 0.532 e. The molecule has 0 unspecified atom stereocenters. The lowest BCUT2D eigenvalue weighted by atomic mass is 10.1. The summed E-state index contributed by atoms with van der Waals surface area (Å²) in [5.74, 6) is 1.61. The van der Waals surface area contributed by atoms with Crippen LogP contribution in [0.15, 0.2) is 97.1 Å². The van der Waals surface area contributed by atoms with Gasteiger partial charge in [0.15, 0.2) is 0 Å². The molecule has 5 aromatic rings. The number of hydrogen-bond donors (Lipinski definition) is 0. The van der Waals surface area contributed by atoms with Crippen LogP contribution < -0.4 is 29.0 Å². The molecule has 5 heteroatoms. The van der Waals surface area contributed by atoms with E-state index in [0.717, 1.165) is 33.2 Å². The number of para-hydroxylation sites is 2. The lowest BCUT2D eigenvalue weighted by molar-refractivity contribution is 0.495. The second-order valence-corrected chi connectivity index (χ2v) is 12.1. The van der Waals surface area contributed by atoms with Gasteiger partial charge >= 0.3 is 8.56 Å². The van der Waals surface area contributed by atoms with Gasteiger partial charge in [0, 0.05) is 60.7 Å². The summed E-state index contributed by atoms with van der Waals surface area (Å²) in [6.45, 7) is 0. The molecule has 174 valence electrons. The van der Waals surface area contributed by atoms with Gasteiger partial charge in [-0.1, -0.05) is 72.8 Å². The molecule has 0 N–H and O–H groups in total. The molecule has 4 nitrogen and oxygen atoms in total. The highest BCUT2D eigenvalue weighted by Gasteiger charge is 2.54. The minimum absolute atomic E-state index is 0.804. The van der Waals surface area contributed by atoms with Crippen molar-refractivity contribution in [1.82, 2.24) is 0 Å². The summed E-state index contributed by atoms with van der Waals surface area (Å²) < 4.78 is 14.1. The molecular formula is C30H28N2O2Si. The van der Waals surface area contributed by atoms with Gasteiger partial charge in [-0.3, -0.25) is 0 Å². The number of anilines is 2. The van der Waals surface area contributed by atoms with E-state index in [4.69, 9.17) is 8.85 Å². The van der Waals surface area contributed by atoms with Crippen LogP contribution in [-0.2, 0) is 0 Å². The zero-order valence-corrected chi connectivity index (χ0v) is 21.4. The van der Waals surface area contributed by atoms with E-state index in [-0.39, 0.29) is 0 Å². The molecule has 0 saturated carbocycles. The van der Waals surface area contributed by atoms with Gasteiger partial charge in [-0.05, 0) is 35.0 Å². The molecular weight excluding hydrogens is 448 g/mol. The Morgan fingerprint density at radius 1 is 0.486 bits per heavy atom. The Labute approximate surface area is 207 Å². The van der Waals surface area contributed by atoms with Crippen LogP contribution in [0, 0.1) is 0 Å². The summed E-state index contributed by atoms with van der Waals surface area (Å²) in [5.41, 5.74) is 2.31. The van der Waals surface area contributed by atoms with Crippen LogP contribution in [0.25, 0.3) is 21.5 Å². The predicted molar refractivity (Wildman–Crippen MR) is 149 cm³/mol. The van der Waals surface area contributed by atoms with Gasteiger partial charge in [0.1, 0.15) is 11.5 Å². The van der Waals surface area contributed by atoms with Crippen molar-refractivity contribution in [2.75, 3.05) is 38.0 Å². The monoisotopic (exact) mass is 476 g/mol. The van der Waals surface area contributed by atoms with E-state index in [1.165, 1.54) is 21.5 Å². The topological polar surface area (TPSA) is 24.9 Å². The summed E-state index contributed by atoms with van der Waals surface area (Å²) in [6.07, 6.45) is 0. The van der Waals surface area contributed by atoms with Crippen LogP contribution in [-0.4, -0.2) is 36.8 Å². The minimum Gasteiger partial charge on any atom is -0.502 e. The van der Waals surface area contributed by atoms with Crippen LogP contribution in [0.2, 0.25) is 0 Å². The molecule has 0 spiro atoms. The van der Waals surface area contributed by atoms with E-state index >= 15 is 0 Å². The fraction of sp³-hybridized carbons (Fsp3) is 0.133. The van der Waals surface area contributed by atoms with E-state index in [1.54, 1.807) is 0 Å². The van der Waals surface area contributed by atoms with Crippen molar-refractivity contribution in [3.05, 3.63) is 97.1 Å². The molecule has 35 heavy (non-hydrogen) atoms. The van der Waals surface area contributed by atoms with Gasteiger partial charge in [0.25, 0.3) is 0 Å². The van der Waals surface area contributed by atoms with Crippen LogP contribution in [0.5, 0.6) is 11.5 Å². The molecule has 6 rings (SSSR count). The maximum Gasteiger partial charge on any atom is 0.532 e. The fourth-order valence-electron chi connectivity index (χ4n) is 5.25. The maximum atomic E-state index is 7.03. The summed E-state index contributed by atoms with van der Waals surface area (Å²) in [6, 6.07) is 33.9. The second kappa shape index (κ2) is 8.07. The van der Waals surface area contributed by atoms with Gasteiger partial charge in [-0.15, -0.1) is 0 Å². The molecule has 0 amide bonds. The molecule has 0 saturated heterocycles. The summed E-state index contributed by atoms with van der Waals surface area (Å²) >= 11 is 0. The first-order valence-electron chi connectivity index (χ1n) is 11.9. The first-order chi connectivity index (χ1) is 17.0. The molecule has 0 aliphatic carbocycles.